The number of H-pyrrole nitrogens is 2. The minimum atomic E-state index is 0.973. The molecule has 142 valence electrons. The minimum Gasteiger partial charge on any atom is -0.342 e. The number of aromatic nitrogens is 4. The third-order valence-corrected chi connectivity index (χ3v) is 4.47. The number of benzene rings is 2. The summed E-state index contributed by atoms with van der Waals surface area (Å²) in [7, 11) is 5.27. The molecule has 2 atom stereocenters. The summed E-state index contributed by atoms with van der Waals surface area (Å²) in [6, 6.07) is 16.2. The van der Waals surface area contributed by atoms with Gasteiger partial charge in [-0.1, -0.05) is 30.3 Å². The molecule has 0 saturated carbocycles. The molecule has 2 unspecified atom stereocenters. The number of fused-ring (bicyclic) bond motifs is 2. The van der Waals surface area contributed by atoms with Crippen LogP contribution in [0.25, 0.3) is 22.1 Å². The molecule has 0 aliphatic carbocycles. The van der Waals surface area contributed by atoms with Gasteiger partial charge in [0.2, 0.25) is 0 Å². The molecule has 0 saturated heterocycles. The van der Waals surface area contributed by atoms with Crippen LogP contribution < -0.4 is 0 Å². The lowest BCUT2D eigenvalue weighted by atomic mass is 10.3. The zero-order valence-electron chi connectivity index (χ0n) is 15.8. The van der Waals surface area contributed by atoms with Gasteiger partial charge in [-0.15, -0.1) is 25.1 Å². The monoisotopic (exact) mass is 398 g/mol. The van der Waals surface area contributed by atoms with Crippen LogP contribution in [-0.2, 0) is 6.42 Å². The predicted octanol–water partition coefficient (Wildman–Crippen LogP) is 5.29. The molecule has 2 N–H and O–H groups in total. The van der Waals surface area contributed by atoms with Gasteiger partial charge in [-0.2, -0.15) is 0 Å². The van der Waals surface area contributed by atoms with Crippen LogP contribution in [0.1, 0.15) is 18.1 Å². The molecule has 4 nitrogen and oxygen atoms in total. The summed E-state index contributed by atoms with van der Waals surface area (Å²) in [5.74, 6) is 2.07. The van der Waals surface area contributed by atoms with E-state index in [9.17, 15) is 0 Å². The maximum atomic E-state index is 4.49. The van der Waals surface area contributed by atoms with Crippen LogP contribution in [0.3, 0.4) is 0 Å². The summed E-state index contributed by atoms with van der Waals surface area (Å²) in [5, 5.41) is 0. The third-order valence-electron chi connectivity index (χ3n) is 3.73. The molecule has 0 aliphatic rings. The number of aromatic amines is 2. The first-order chi connectivity index (χ1) is 13.2. The van der Waals surface area contributed by atoms with E-state index in [1.165, 1.54) is 6.42 Å². The van der Waals surface area contributed by atoms with E-state index in [4.69, 9.17) is 0 Å². The number of imidazole rings is 2. The van der Waals surface area contributed by atoms with Crippen LogP contribution in [0, 0.1) is 6.92 Å². The maximum Gasteiger partial charge on any atom is 0.107 e. The number of aryl methyl sites for hydroxylation is 2. The Morgan fingerprint density at radius 1 is 0.926 bits per heavy atom. The molecule has 4 rings (SSSR count). The molecule has 0 fully saturated rings. The Morgan fingerprint density at radius 2 is 1.48 bits per heavy atom. The van der Waals surface area contributed by atoms with E-state index < -0.39 is 0 Å². The summed E-state index contributed by atoms with van der Waals surface area (Å²) >= 11 is 0. The van der Waals surface area contributed by atoms with E-state index in [0.29, 0.717) is 0 Å². The lowest BCUT2D eigenvalue weighted by molar-refractivity contribution is 0.870. The Balaban J connectivity index is 0.000000166. The van der Waals surface area contributed by atoms with Crippen molar-refractivity contribution in [1.82, 2.24) is 19.9 Å². The predicted molar refractivity (Wildman–Crippen MR) is 125 cm³/mol. The third kappa shape index (κ3) is 6.90. The van der Waals surface area contributed by atoms with Gasteiger partial charge in [0.1, 0.15) is 11.6 Å². The molecule has 2 heterocycles. The first-order valence-corrected chi connectivity index (χ1v) is 10.7. The van der Waals surface area contributed by atoms with Crippen molar-refractivity contribution in [2.75, 3.05) is 12.3 Å². The smallest absolute Gasteiger partial charge is 0.107 e. The Labute approximate surface area is 165 Å². The number of hydrogen-bond donors (Lipinski definition) is 2. The standard InChI is InChI=1S/C10H13N2P.C8H8N2.C3H7P/c13-7-3-6-10-11-8-4-1-2-5-9(8)12-10;1-6-9-7-4-2-3-5-8(7)10-6;1-2-3-4/h1-2,4-5H,3,6-7,13H2,(H,11,12);2-5H,1H3,(H,9,10);2H,1,3-4H2. The Kier molecular flexibility index (Phi) is 9.18. The lowest BCUT2D eigenvalue weighted by Gasteiger charge is -1.90. The van der Waals surface area contributed by atoms with E-state index in [1.807, 2.05) is 55.5 Å². The number of rotatable bonds is 4. The van der Waals surface area contributed by atoms with Crippen molar-refractivity contribution in [2.24, 2.45) is 0 Å². The molecular formula is C21H28N4P2. The minimum absolute atomic E-state index is 0.973. The number of nitrogens with one attached hydrogen (secondary N) is 2. The van der Waals surface area contributed by atoms with Gasteiger partial charge in [0, 0.05) is 6.42 Å². The number of hydrogen-bond acceptors (Lipinski definition) is 2. The lowest BCUT2D eigenvalue weighted by Crippen LogP contribution is -1.87. The van der Waals surface area contributed by atoms with Crippen LogP contribution in [0.2, 0.25) is 0 Å². The van der Waals surface area contributed by atoms with Gasteiger partial charge < -0.3 is 9.97 Å². The molecule has 0 radical (unpaired) electrons. The molecule has 2 aromatic heterocycles. The van der Waals surface area contributed by atoms with Crippen molar-refractivity contribution in [3.63, 3.8) is 0 Å². The highest BCUT2D eigenvalue weighted by Crippen LogP contribution is 2.11. The Hall–Kier alpha value is -2.02. The second-order valence-corrected chi connectivity index (χ2v) is 7.01. The first-order valence-electron chi connectivity index (χ1n) is 9.04. The maximum absolute atomic E-state index is 4.49. The van der Waals surface area contributed by atoms with E-state index in [0.717, 1.165) is 52.5 Å². The average molecular weight is 398 g/mol. The normalized spacial score (nSPS) is 10.0. The molecule has 0 spiro atoms. The van der Waals surface area contributed by atoms with Crippen LogP contribution >= 0.6 is 18.5 Å². The SMILES string of the molecule is C=CCP.Cc1nc2ccccc2[nH]1.PCCCc1nc2ccccc2[nH]1. The number of allylic oxidation sites excluding steroid dienone is 1. The van der Waals surface area contributed by atoms with Gasteiger partial charge in [0.25, 0.3) is 0 Å². The average Bonchev–Trinajstić information content (AvgIpc) is 3.28. The van der Waals surface area contributed by atoms with Crippen molar-refractivity contribution in [3.05, 3.63) is 72.8 Å². The molecule has 27 heavy (non-hydrogen) atoms. The van der Waals surface area contributed by atoms with Crippen LogP contribution in [-0.4, -0.2) is 32.3 Å². The molecule has 2 aromatic carbocycles. The molecule has 0 bridgehead atoms. The van der Waals surface area contributed by atoms with Crippen molar-refractivity contribution < 1.29 is 0 Å². The van der Waals surface area contributed by atoms with Crippen LogP contribution in [0.4, 0.5) is 0 Å². The van der Waals surface area contributed by atoms with Gasteiger partial charge in [0.05, 0.1) is 22.1 Å². The van der Waals surface area contributed by atoms with E-state index >= 15 is 0 Å². The summed E-state index contributed by atoms with van der Waals surface area (Å²) in [6.45, 7) is 5.42. The van der Waals surface area contributed by atoms with Gasteiger partial charge in [-0.3, -0.25) is 0 Å². The van der Waals surface area contributed by atoms with E-state index in [-0.39, 0.29) is 0 Å². The molecular weight excluding hydrogens is 370 g/mol. The molecule has 0 amide bonds. The van der Waals surface area contributed by atoms with Crippen molar-refractivity contribution in [1.29, 1.82) is 0 Å². The van der Waals surface area contributed by atoms with Crippen molar-refractivity contribution in [2.45, 2.75) is 19.8 Å². The highest BCUT2D eigenvalue weighted by Gasteiger charge is 1.99. The topological polar surface area (TPSA) is 57.4 Å². The van der Waals surface area contributed by atoms with Gasteiger partial charge in [0.15, 0.2) is 0 Å². The summed E-state index contributed by atoms with van der Waals surface area (Å²) < 4.78 is 0. The molecule has 4 aromatic rings. The zero-order chi connectivity index (χ0) is 19.5. The van der Waals surface area contributed by atoms with Crippen molar-refractivity contribution in [3.8, 4) is 0 Å². The van der Waals surface area contributed by atoms with Gasteiger partial charge >= 0.3 is 0 Å². The van der Waals surface area contributed by atoms with Gasteiger partial charge in [-0.25, -0.2) is 9.97 Å². The Bertz CT molecular complexity index is 893. The fourth-order valence-electron chi connectivity index (χ4n) is 2.47. The van der Waals surface area contributed by atoms with E-state index in [1.54, 1.807) is 0 Å². The number of nitrogens with zero attached hydrogens (tertiary/aromatic N) is 2. The van der Waals surface area contributed by atoms with Gasteiger partial charge in [-0.05, 0) is 49.9 Å². The molecule has 0 aliphatic heterocycles. The highest BCUT2D eigenvalue weighted by molar-refractivity contribution is 7.16. The summed E-state index contributed by atoms with van der Waals surface area (Å²) in [4.78, 5) is 15.2. The largest absolute Gasteiger partial charge is 0.342 e. The first kappa shape index (κ1) is 21.3. The summed E-state index contributed by atoms with van der Waals surface area (Å²) in [6.07, 6.45) is 6.18. The fourth-order valence-corrected chi connectivity index (χ4v) is 2.68. The highest BCUT2D eigenvalue weighted by atomic mass is 31.0. The van der Waals surface area contributed by atoms with Crippen molar-refractivity contribution >= 4 is 40.5 Å². The fraction of sp³-hybridized carbons (Fsp3) is 0.238. The molecule has 6 heteroatoms. The number of para-hydroxylation sites is 4. The van der Waals surface area contributed by atoms with Crippen LogP contribution in [0.15, 0.2) is 61.2 Å². The second kappa shape index (κ2) is 11.6. The zero-order valence-corrected chi connectivity index (χ0v) is 18.1. The second-order valence-electron chi connectivity index (χ2n) is 5.96. The quantitative estimate of drug-likeness (QED) is 0.363. The van der Waals surface area contributed by atoms with Crippen LogP contribution in [0.5, 0.6) is 0 Å². The summed E-state index contributed by atoms with van der Waals surface area (Å²) in [5.41, 5.74) is 4.36. The Morgan fingerprint density at radius 3 is 2.00 bits per heavy atom. The van der Waals surface area contributed by atoms with E-state index in [2.05, 4.69) is 51.1 Å².